The van der Waals surface area contributed by atoms with Gasteiger partial charge in [-0.25, -0.2) is 0 Å². The molecule has 5 heavy (non-hydrogen) atoms. The fourth-order valence-electron chi connectivity index (χ4n) is 0. The molecule has 0 bridgehead atoms. The summed E-state index contributed by atoms with van der Waals surface area (Å²) in [5.41, 5.74) is 0. The molecule has 0 amide bonds. The molecule has 5 heteroatoms. The van der Waals surface area contributed by atoms with E-state index in [1.807, 2.05) is 0 Å². The van der Waals surface area contributed by atoms with Crippen molar-refractivity contribution in [3.8, 4) is 0 Å². The zero-order valence-corrected chi connectivity index (χ0v) is 5.76. The van der Waals surface area contributed by atoms with Crippen LogP contribution in [0, 0.1) is 0 Å². The van der Waals surface area contributed by atoms with E-state index in [0.29, 0.717) is 0 Å². The summed E-state index contributed by atoms with van der Waals surface area (Å²) in [6.45, 7) is 0. The molecule has 0 aromatic rings. The van der Waals surface area contributed by atoms with Crippen LogP contribution in [0.4, 0.5) is 0 Å². The van der Waals surface area contributed by atoms with Crippen molar-refractivity contribution in [2.45, 2.75) is 0 Å². The third-order valence-electron chi connectivity index (χ3n) is 0. The van der Waals surface area contributed by atoms with E-state index in [0.717, 1.165) is 0 Å². The van der Waals surface area contributed by atoms with Crippen LogP contribution in [0.2, 0.25) is 0 Å². The van der Waals surface area contributed by atoms with Gasteiger partial charge in [0, 0.05) is 0 Å². The van der Waals surface area contributed by atoms with E-state index in [4.69, 9.17) is 0 Å². The Hall–Kier alpha value is 1.33. The van der Waals surface area contributed by atoms with Crippen molar-refractivity contribution in [3.05, 3.63) is 0 Å². The summed E-state index contributed by atoms with van der Waals surface area (Å²) in [6.07, 6.45) is 0. The molecule has 0 spiro atoms. The van der Waals surface area contributed by atoms with Gasteiger partial charge in [0.1, 0.15) is 0 Å². The summed E-state index contributed by atoms with van der Waals surface area (Å²) in [7, 11) is 0. The number of hydrogen-bond donors (Lipinski definition) is 0. The molecule has 0 radical (unpaired) electrons. The summed E-state index contributed by atoms with van der Waals surface area (Å²) in [4.78, 5) is 0. The molecule has 0 aliphatic rings. The zero-order chi connectivity index (χ0) is 0. The van der Waals surface area contributed by atoms with Crippen LogP contribution in [-0.4, -0.2) is 23.1 Å². The average molecular weight is 168 g/mol. The predicted molar refractivity (Wildman–Crippen MR) is 7.81 cm³/mol. The summed E-state index contributed by atoms with van der Waals surface area (Å²) in [6, 6.07) is 0. The van der Waals surface area contributed by atoms with E-state index in [1.165, 1.54) is 0 Å². The van der Waals surface area contributed by atoms with Gasteiger partial charge in [0.15, 0.2) is 0 Å². The van der Waals surface area contributed by atoms with E-state index in [9.17, 15) is 0 Å². The Labute approximate surface area is 60.5 Å². The molecule has 0 heterocycles. The minimum atomic E-state index is 0. The molecule has 0 saturated carbocycles. The van der Waals surface area contributed by atoms with Crippen LogP contribution >= 0.6 is 0 Å². The molecule has 0 aliphatic carbocycles. The second kappa shape index (κ2) is 56.3. The molecule has 0 aromatic heterocycles. The van der Waals surface area contributed by atoms with E-state index >= 15 is 0 Å². The van der Waals surface area contributed by atoms with Gasteiger partial charge in [-0.3, -0.25) is 0 Å². The molecule has 0 unspecified atom stereocenters. The largest absolute Gasteiger partial charge is 4.00 e. The molecule has 0 rings (SSSR count). The third-order valence-corrected chi connectivity index (χ3v) is 0. The maximum atomic E-state index is 0. The van der Waals surface area contributed by atoms with Crippen LogP contribution in [0.15, 0.2) is 0 Å². The van der Waals surface area contributed by atoms with Crippen molar-refractivity contribution < 1.29 is 37.5 Å². The van der Waals surface area contributed by atoms with Gasteiger partial charge in [-0.05, 0) is 0 Å². The maximum absolute atomic E-state index is 0. The van der Waals surface area contributed by atoms with Crippen molar-refractivity contribution in [2.75, 3.05) is 0 Å². The molecule has 3 nitrogen and oxygen atoms in total. The molecule has 0 fully saturated rings. The molecule has 0 saturated heterocycles. The average Bonchev–Trinajstić information content (AvgIpc) is 0. The van der Waals surface area contributed by atoms with Crippen molar-refractivity contribution in [3.63, 3.8) is 0 Å². The Balaban J connectivity index is 0. The molecular weight excluding hydrogens is 168 g/mol. The monoisotopic (exact) mass is 170 g/mol. The van der Waals surface area contributed by atoms with E-state index in [2.05, 4.69) is 0 Å². The first-order valence-electron chi connectivity index (χ1n) is 0. The molecule has 26 valence electrons. The standard InChI is InChI=1S/Mg.Mo.3O/q+2;+4;3*-2. The minimum absolute atomic E-state index is 0. The van der Waals surface area contributed by atoms with Gasteiger partial charge in [-0.15, -0.1) is 0 Å². The normalized spacial score (nSPS) is 0. The van der Waals surface area contributed by atoms with Crippen LogP contribution in [0.5, 0.6) is 0 Å². The Morgan fingerprint density at radius 3 is 0.600 bits per heavy atom. The summed E-state index contributed by atoms with van der Waals surface area (Å²) in [5.74, 6) is 0. The Kier molecular flexibility index (Phi) is 1140. The smallest absolute Gasteiger partial charge is 2.00 e. The van der Waals surface area contributed by atoms with E-state index in [-0.39, 0.29) is 60.5 Å². The third kappa shape index (κ3) is 33.3. The second-order valence-corrected chi connectivity index (χ2v) is 0. The summed E-state index contributed by atoms with van der Waals surface area (Å²) >= 11 is 0. The first kappa shape index (κ1) is 101. The van der Waals surface area contributed by atoms with Crippen LogP contribution < -0.4 is 0 Å². The van der Waals surface area contributed by atoms with Gasteiger partial charge in [0.05, 0.1) is 0 Å². The van der Waals surface area contributed by atoms with Gasteiger partial charge in [-0.2, -0.15) is 0 Å². The Bertz CT molecular complexity index is 6.85. The molecule has 0 aromatic carbocycles. The van der Waals surface area contributed by atoms with Crippen molar-refractivity contribution in [1.82, 2.24) is 0 Å². The molecule has 0 N–H and O–H groups in total. The summed E-state index contributed by atoms with van der Waals surface area (Å²) in [5, 5.41) is 0. The molecule has 0 aliphatic heterocycles. The fraction of sp³-hybridized carbons (Fsp3) is 0. The minimum Gasteiger partial charge on any atom is -2.00 e. The second-order valence-electron chi connectivity index (χ2n) is 0. The molecular formula is MgMoO3. The van der Waals surface area contributed by atoms with Gasteiger partial charge in [0.25, 0.3) is 0 Å². The zero-order valence-electron chi connectivity index (χ0n) is 2.34. The van der Waals surface area contributed by atoms with Gasteiger partial charge in [0.2, 0.25) is 0 Å². The van der Waals surface area contributed by atoms with Crippen LogP contribution in [0.1, 0.15) is 0 Å². The van der Waals surface area contributed by atoms with Gasteiger partial charge < -0.3 is 16.4 Å². The van der Waals surface area contributed by atoms with Crippen LogP contribution in [-0.2, 0) is 37.5 Å². The molecule has 0 atom stereocenters. The first-order chi connectivity index (χ1) is 0. The van der Waals surface area contributed by atoms with Crippen molar-refractivity contribution in [1.29, 1.82) is 0 Å². The Morgan fingerprint density at radius 1 is 0.600 bits per heavy atom. The van der Waals surface area contributed by atoms with Gasteiger partial charge in [-0.1, -0.05) is 0 Å². The SMILES string of the molecule is [Mg+2].[Mo+4].[O-2].[O-2].[O-2]. The maximum Gasteiger partial charge on any atom is 4.00 e. The van der Waals surface area contributed by atoms with E-state index < -0.39 is 0 Å². The van der Waals surface area contributed by atoms with Crippen LogP contribution in [0.25, 0.3) is 0 Å². The number of hydrogen-bond acceptors (Lipinski definition) is 0. The van der Waals surface area contributed by atoms with E-state index in [1.54, 1.807) is 0 Å². The Morgan fingerprint density at radius 2 is 0.600 bits per heavy atom. The predicted octanol–water partition coefficient (Wildman–Crippen LogP) is -0.740. The first-order valence-corrected chi connectivity index (χ1v) is 0. The quantitative estimate of drug-likeness (QED) is 0.427. The fourth-order valence-corrected chi connectivity index (χ4v) is 0. The van der Waals surface area contributed by atoms with Gasteiger partial charge >= 0.3 is 44.1 Å². The number of rotatable bonds is 0. The summed E-state index contributed by atoms with van der Waals surface area (Å²) < 4.78 is 0. The van der Waals surface area contributed by atoms with Crippen LogP contribution in [0.3, 0.4) is 0 Å². The van der Waals surface area contributed by atoms with Crippen molar-refractivity contribution in [2.24, 2.45) is 0 Å². The van der Waals surface area contributed by atoms with Crippen molar-refractivity contribution >= 4 is 23.1 Å². The topological polar surface area (TPSA) is 85.5 Å².